The van der Waals surface area contributed by atoms with Crippen molar-refractivity contribution in [2.45, 2.75) is 44.1 Å². The summed E-state index contributed by atoms with van der Waals surface area (Å²) in [5.41, 5.74) is -0.501. The lowest BCUT2D eigenvalue weighted by molar-refractivity contribution is -0.149. The fourth-order valence-electron chi connectivity index (χ4n) is 3.28. The fraction of sp³-hybridized carbons (Fsp3) is 0.556. The summed E-state index contributed by atoms with van der Waals surface area (Å²) in [5, 5.41) is 12.3. The molecule has 0 unspecified atom stereocenters. The topological polar surface area (TPSA) is 94.1 Å². The van der Waals surface area contributed by atoms with Gasteiger partial charge in [-0.2, -0.15) is 0 Å². The van der Waals surface area contributed by atoms with Crippen molar-refractivity contribution in [1.29, 1.82) is 0 Å². The van der Waals surface area contributed by atoms with E-state index in [0.29, 0.717) is 35.7 Å². The normalized spacial score (nSPS) is 16.0. The number of hydrogen-bond donors (Lipinski definition) is 2. The van der Waals surface area contributed by atoms with Crippen LogP contribution in [0, 0.1) is 0 Å². The number of rotatable bonds is 7. The first-order valence-corrected chi connectivity index (χ1v) is 8.29. The summed E-state index contributed by atoms with van der Waals surface area (Å²) in [5.74, 6) is 0.0537. The van der Waals surface area contributed by atoms with Gasteiger partial charge in [0.15, 0.2) is 11.5 Å². The standard InChI is InChI=1S/C18H25NO6/c1-23-13-9-12(10-14(24-2)16(13)25-3)11-15(20)19-18(17(21)22)7-5-4-6-8-18/h9-10H,4-8,11H2,1-3H3,(H,19,20)(H,21,22). The molecule has 7 nitrogen and oxygen atoms in total. The molecular weight excluding hydrogens is 326 g/mol. The molecule has 0 aliphatic heterocycles. The molecule has 0 atom stereocenters. The van der Waals surface area contributed by atoms with E-state index < -0.39 is 11.5 Å². The van der Waals surface area contributed by atoms with Gasteiger partial charge in [0, 0.05) is 0 Å². The molecule has 0 bridgehead atoms. The monoisotopic (exact) mass is 351 g/mol. The highest BCUT2D eigenvalue weighted by atomic mass is 16.5. The van der Waals surface area contributed by atoms with Crippen LogP contribution in [0.5, 0.6) is 17.2 Å². The van der Waals surface area contributed by atoms with Crippen LogP contribution in [0.25, 0.3) is 0 Å². The van der Waals surface area contributed by atoms with E-state index in [4.69, 9.17) is 14.2 Å². The van der Waals surface area contributed by atoms with E-state index in [2.05, 4.69) is 5.32 Å². The molecule has 1 fully saturated rings. The fourth-order valence-corrected chi connectivity index (χ4v) is 3.28. The molecule has 1 aromatic rings. The number of ether oxygens (including phenoxy) is 3. The molecule has 1 aromatic carbocycles. The van der Waals surface area contributed by atoms with Crippen molar-refractivity contribution in [3.05, 3.63) is 17.7 Å². The average Bonchev–Trinajstić information content (AvgIpc) is 2.61. The molecule has 138 valence electrons. The number of carboxylic acids is 1. The first kappa shape index (κ1) is 18.9. The number of nitrogens with one attached hydrogen (secondary N) is 1. The number of carbonyl (C=O) groups excluding carboxylic acids is 1. The zero-order chi connectivity index (χ0) is 18.4. The van der Waals surface area contributed by atoms with Gasteiger partial charge < -0.3 is 24.6 Å². The highest BCUT2D eigenvalue weighted by Crippen LogP contribution is 2.38. The summed E-state index contributed by atoms with van der Waals surface area (Å²) >= 11 is 0. The third-order valence-electron chi connectivity index (χ3n) is 4.58. The Labute approximate surface area is 147 Å². The molecule has 1 aliphatic carbocycles. The van der Waals surface area contributed by atoms with Crippen LogP contribution in [0.4, 0.5) is 0 Å². The largest absolute Gasteiger partial charge is 0.493 e. The van der Waals surface area contributed by atoms with E-state index in [1.807, 2.05) is 0 Å². The summed E-state index contributed by atoms with van der Waals surface area (Å²) in [6.45, 7) is 0. The zero-order valence-corrected chi connectivity index (χ0v) is 14.9. The predicted molar refractivity (Wildman–Crippen MR) is 91.4 cm³/mol. The summed E-state index contributed by atoms with van der Waals surface area (Å²) in [7, 11) is 4.51. The Hall–Kier alpha value is -2.44. The van der Waals surface area contributed by atoms with Crippen molar-refractivity contribution < 1.29 is 28.9 Å². The molecule has 2 rings (SSSR count). The first-order chi connectivity index (χ1) is 12.0. The van der Waals surface area contributed by atoms with E-state index in [9.17, 15) is 14.7 Å². The highest BCUT2D eigenvalue weighted by molar-refractivity contribution is 5.88. The molecule has 0 aromatic heterocycles. The van der Waals surface area contributed by atoms with Crippen molar-refractivity contribution >= 4 is 11.9 Å². The van der Waals surface area contributed by atoms with Gasteiger partial charge in [0.05, 0.1) is 27.8 Å². The molecule has 0 saturated heterocycles. The predicted octanol–water partition coefficient (Wildman–Crippen LogP) is 2.16. The van der Waals surface area contributed by atoms with Crippen molar-refractivity contribution in [3.8, 4) is 17.2 Å². The van der Waals surface area contributed by atoms with Crippen LogP contribution in [0.3, 0.4) is 0 Å². The van der Waals surface area contributed by atoms with Crippen molar-refractivity contribution in [1.82, 2.24) is 5.32 Å². The number of methoxy groups -OCH3 is 3. The van der Waals surface area contributed by atoms with E-state index in [0.717, 1.165) is 19.3 Å². The summed E-state index contributed by atoms with van der Waals surface area (Å²) in [6.07, 6.45) is 3.56. The lowest BCUT2D eigenvalue weighted by Crippen LogP contribution is -2.55. The number of amides is 1. The summed E-state index contributed by atoms with van der Waals surface area (Å²) in [4.78, 5) is 24.1. The zero-order valence-electron chi connectivity index (χ0n) is 14.9. The van der Waals surface area contributed by atoms with Gasteiger partial charge in [-0.3, -0.25) is 4.79 Å². The van der Waals surface area contributed by atoms with E-state index >= 15 is 0 Å². The quantitative estimate of drug-likeness (QED) is 0.782. The van der Waals surface area contributed by atoms with E-state index in [1.54, 1.807) is 12.1 Å². The number of carboxylic acid groups (broad SMARTS) is 1. The Morgan fingerprint density at radius 1 is 1.04 bits per heavy atom. The number of aliphatic carboxylic acids is 1. The molecule has 25 heavy (non-hydrogen) atoms. The lowest BCUT2D eigenvalue weighted by Gasteiger charge is -2.34. The molecule has 1 saturated carbocycles. The third kappa shape index (κ3) is 4.15. The molecule has 0 radical (unpaired) electrons. The Morgan fingerprint density at radius 2 is 1.60 bits per heavy atom. The maximum atomic E-state index is 12.5. The number of carbonyl (C=O) groups is 2. The Balaban J connectivity index is 2.18. The lowest BCUT2D eigenvalue weighted by atomic mass is 9.81. The maximum absolute atomic E-state index is 12.5. The molecule has 1 amide bonds. The SMILES string of the molecule is COc1cc(CC(=O)NC2(C(=O)O)CCCCC2)cc(OC)c1OC. The van der Waals surface area contributed by atoms with Gasteiger partial charge in [0.1, 0.15) is 5.54 Å². The second-order valence-electron chi connectivity index (χ2n) is 6.21. The van der Waals surface area contributed by atoms with Gasteiger partial charge in [-0.25, -0.2) is 4.79 Å². The summed E-state index contributed by atoms with van der Waals surface area (Å²) in [6, 6.07) is 3.38. The van der Waals surface area contributed by atoms with Crippen molar-refractivity contribution in [2.24, 2.45) is 0 Å². The van der Waals surface area contributed by atoms with Gasteiger partial charge in [-0.1, -0.05) is 19.3 Å². The van der Waals surface area contributed by atoms with Crippen LogP contribution in [-0.4, -0.2) is 43.9 Å². The van der Waals surface area contributed by atoms with Crippen LogP contribution in [-0.2, 0) is 16.0 Å². The Morgan fingerprint density at radius 3 is 2.04 bits per heavy atom. The van der Waals surface area contributed by atoms with Gasteiger partial charge in [-0.05, 0) is 30.5 Å². The van der Waals surface area contributed by atoms with Gasteiger partial charge in [-0.15, -0.1) is 0 Å². The van der Waals surface area contributed by atoms with Crippen LogP contribution >= 0.6 is 0 Å². The van der Waals surface area contributed by atoms with Crippen LogP contribution in [0.15, 0.2) is 12.1 Å². The maximum Gasteiger partial charge on any atom is 0.329 e. The minimum Gasteiger partial charge on any atom is -0.493 e. The average molecular weight is 351 g/mol. The van der Waals surface area contributed by atoms with Crippen molar-refractivity contribution in [2.75, 3.05) is 21.3 Å². The Kier molecular flexibility index (Phi) is 6.12. The van der Waals surface area contributed by atoms with Crippen LogP contribution in [0.2, 0.25) is 0 Å². The van der Waals surface area contributed by atoms with Crippen molar-refractivity contribution in [3.63, 3.8) is 0 Å². The minimum absolute atomic E-state index is 0.0335. The summed E-state index contributed by atoms with van der Waals surface area (Å²) < 4.78 is 15.8. The number of hydrogen-bond acceptors (Lipinski definition) is 5. The van der Waals surface area contributed by atoms with Crippen LogP contribution < -0.4 is 19.5 Å². The number of benzene rings is 1. The third-order valence-corrected chi connectivity index (χ3v) is 4.58. The van der Waals surface area contributed by atoms with E-state index in [1.165, 1.54) is 21.3 Å². The molecule has 2 N–H and O–H groups in total. The molecular formula is C18H25NO6. The second-order valence-corrected chi connectivity index (χ2v) is 6.21. The molecule has 0 spiro atoms. The Bertz CT molecular complexity index is 611. The second kappa shape index (κ2) is 8.09. The molecule has 1 aliphatic rings. The highest BCUT2D eigenvalue weighted by Gasteiger charge is 2.40. The van der Waals surface area contributed by atoms with Gasteiger partial charge in [0.2, 0.25) is 11.7 Å². The van der Waals surface area contributed by atoms with E-state index in [-0.39, 0.29) is 12.3 Å². The molecule has 0 heterocycles. The van der Waals surface area contributed by atoms with Gasteiger partial charge >= 0.3 is 5.97 Å². The smallest absolute Gasteiger partial charge is 0.329 e. The van der Waals surface area contributed by atoms with Crippen LogP contribution in [0.1, 0.15) is 37.7 Å². The minimum atomic E-state index is -1.16. The molecule has 7 heteroatoms. The van der Waals surface area contributed by atoms with Gasteiger partial charge in [0.25, 0.3) is 0 Å². The first-order valence-electron chi connectivity index (χ1n) is 8.29.